The Hall–Kier alpha value is -1.79. The summed E-state index contributed by atoms with van der Waals surface area (Å²) in [4.78, 5) is 17.2. The molecule has 0 radical (unpaired) electrons. The van der Waals surface area contributed by atoms with Crippen molar-refractivity contribution in [1.29, 1.82) is 0 Å². The number of carbonyl (C=O) groups excluding carboxylic acids is 1. The number of nitrogens with zero attached hydrogens (tertiary/aromatic N) is 2. The molecule has 0 bridgehead atoms. The number of likely N-dealkylation sites (N-methyl/N-ethyl adjacent to an activating group) is 1. The predicted octanol–water partition coefficient (Wildman–Crippen LogP) is 1.62. The predicted molar refractivity (Wildman–Crippen MR) is 95.2 cm³/mol. The number of ether oxygens (including phenoxy) is 2. The molecule has 1 amide bonds. The van der Waals surface area contributed by atoms with Crippen molar-refractivity contribution >= 4 is 5.91 Å². The summed E-state index contributed by atoms with van der Waals surface area (Å²) >= 11 is 0. The molecule has 0 spiro atoms. The molecule has 6 nitrogen and oxygen atoms in total. The second-order valence-corrected chi connectivity index (χ2v) is 7.22. The van der Waals surface area contributed by atoms with Gasteiger partial charge in [-0.2, -0.15) is 0 Å². The van der Waals surface area contributed by atoms with Crippen LogP contribution in [0.3, 0.4) is 0 Å². The summed E-state index contributed by atoms with van der Waals surface area (Å²) in [6.07, 6.45) is 2.98. The number of piperidine rings is 2. The number of methoxy groups -OCH3 is 2. The van der Waals surface area contributed by atoms with Crippen molar-refractivity contribution in [2.75, 3.05) is 47.5 Å². The molecule has 2 aliphatic heterocycles. The van der Waals surface area contributed by atoms with Crippen molar-refractivity contribution in [3.63, 3.8) is 0 Å². The van der Waals surface area contributed by atoms with Gasteiger partial charge in [-0.25, -0.2) is 0 Å². The van der Waals surface area contributed by atoms with Gasteiger partial charge in [0.05, 0.1) is 20.8 Å². The second kappa shape index (κ2) is 7.22. The standard InChI is InChI=1S/C19H28N2O4/c1-20-7-4-5-19(13-22)6-8-21(12-17(19)20)18(23)14-9-15(24-2)11-16(10-14)25-3/h9-11,17,22H,4-8,12-13H2,1-3H3/t17-,19-/m1/s1. The summed E-state index contributed by atoms with van der Waals surface area (Å²) in [5.41, 5.74) is 0.502. The van der Waals surface area contributed by atoms with Crippen molar-refractivity contribution < 1.29 is 19.4 Å². The van der Waals surface area contributed by atoms with Crippen molar-refractivity contribution in [3.05, 3.63) is 23.8 Å². The van der Waals surface area contributed by atoms with Crippen LogP contribution in [0.4, 0.5) is 0 Å². The maximum atomic E-state index is 13.0. The van der Waals surface area contributed by atoms with Gasteiger partial charge in [-0.15, -0.1) is 0 Å². The minimum absolute atomic E-state index is 0.0114. The lowest BCUT2D eigenvalue weighted by molar-refractivity contribution is -0.0601. The normalized spacial score (nSPS) is 26.9. The Balaban J connectivity index is 1.82. The topological polar surface area (TPSA) is 62.2 Å². The van der Waals surface area contributed by atoms with Crippen LogP contribution in [0.2, 0.25) is 0 Å². The number of fused-ring (bicyclic) bond motifs is 1. The minimum Gasteiger partial charge on any atom is -0.497 e. The number of aliphatic hydroxyl groups excluding tert-OH is 1. The first-order chi connectivity index (χ1) is 12.0. The highest BCUT2D eigenvalue weighted by atomic mass is 16.5. The van der Waals surface area contributed by atoms with Gasteiger partial charge in [0, 0.05) is 36.2 Å². The minimum atomic E-state index is -0.0736. The first-order valence-corrected chi connectivity index (χ1v) is 8.86. The molecule has 0 unspecified atom stereocenters. The van der Waals surface area contributed by atoms with Crippen LogP contribution in [-0.4, -0.2) is 74.4 Å². The van der Waals surface area contributed by atoms with Gasteiger partial charge in [-0.3, -0.25) is 4.79 Å². The van der Waals surface area contributed by atoms with E-state index in [1.807, 2.05) is 4.90 Å². The third kappa shape index (κ3) is 3.33. The largest absolute Gasteiger partial charge is 0.497 e. The van der Waals surface area contributed by atoms with Crippen molar-refractivity contribution in [2.45, 2.75) is 25.3 Å². The molecule has 25 heavy (non-hydrogen) atoms. The smallest absolute Gasteiger partial charge is 0.254 e. The fourth-order valence-corrected chi connectivity index (χ4v) is 4.31. The highest BCUT2D eigenvalue weighted by Crippen LogP contribution is 2.41. The number of amides is 1. The molecule has 0 aliphatic carbocycles. The number of carbonyl (C=O) groups is 1. The Morgan fingerprint density at radius 2 is 1.88 bits per heavy atom. The van der Waals surface area contributed by atoms with E-state index in [0.717, 1.165) is 25.8 Å². The molecule has 1 aromatic carbocycles. The number of hydrogen-bond acceptors (Lipinski definition) is 5. The molecule has 1 N–H and O–H groups in total. The zero-order valence-corrected chi connectivity index (χ0v) is 15.3. The average Bonchev–Trinajstić information content (AvgIpc) is 2.66. The van der Waals surface area contributed by atoms with Crippen LogP contribution in [0.5, 0.6) is 11.5 Å². The Kier molecular flexibility index (Phi) is 5.20. The van der Waals surface area contributed by atoms with E-state index in [1.165, 1.54) is 0 Å². The summed E-state index contributed by atoms with van der Waals surface area (Å²) in [6, 6.07) is 5.47. The van der Waals surface area contributed by atoms with Crippen LogP contribution in [-0.2, 0) is 0 Å². The van der Waals surface area contributed by atoms with Gasteiger partial charge in [-0.05, 0) is 45.0 Å². The quantitative estimate of drug-likeness (QED) is 0.896. The van der Waals surface area contributed by atoms with E-state index >= 15 is 0 Å². The van der Waals surface area contributed by atoms with E-state index < -0.39 is 0 Å². The lowest BCUT2D eigenvalue weighted by Gasteiger charge is -2.53. The molecule has 2 heterocycles. The molecule has 2 saturated heterocycles. The molecule has 3 rings (SSSR count). The molecular weight excluding hydrogens is 320 g/mol. The highest BCUT2D eigenvalue weighted by molar-refractivity contribution is 5.95. The van der Waals surface area contributed by atoms with Gasteiger partial charge in [0.15, 0.2) is 0 Å². The second-order valence-electron chi connectivity index (χ2n) is 7.22. The summed E-state index contributed by atoms with van der Waals surface area (Å²) < 4.78 is 10.6. The molecule has 2 atom stereocenters. The van der Waals surface area contributed by atoms with Gasteiger partial charge in [0.25, 0.3) is 5.91 Å². The van der Waals surface area contributed by atoms with E-state index in [9.17, 15) is 9.90 Å². The zero-order chi connectivity index (χ0) is 18.0. The summed E-state index contributed by atoms with van der Waals surface area (Å²) in [7, 11) is 5.25. The molecule has 138 valence electrons. The third-order valence-corrected chi connectivity index (χ3v) is 5.90. The Labute approximate surface area is 149 Å². The maximum absolute atomic E-state index is 13.0. The van der Waals surface area contributed by atoms with Gasteiger partial charge in [0.2, 0.25) is 0 Å². The number of hydrogen-bond donors (Lipinski definition) is 1. The lowest BCUT2D eigenvalue weighted by Crippen LogP contribution is -2.62. The molecule has 2 aliphatic rings. The van der Waals surface area contributed by atoms with Gasteiger partial charge in [0.1, 0.15) is 11.5 Å². The molecular formula is C19H28N2O4. The molecule has 2 fully saturated rings. The third-order valence-electron chi connectivity index (χ3n) is 5.90. The van der Waals surface area contributed by atoms with E-state index in [2.05, 4.69) is 11.9 Å². The first kappa shape index (κ1) is 18.0. The summed E-state index contributed by atoms with van der Waals surface area (Å²) in [6.45, 7) is 2.52. The Morgan fingerprint density at radius 1 is 1.20 bits per heavy atom. The van der Waals surface area contributed by atoms with Crippen molar-refractivity contribution in [3.8, 4) is 11.5 Å². The van der Waals surface area contributed by atoms with Crippen LogP contribution < -0.4 is 9.47 Å². The van der Waals surface area contributed by atoms with Crippen LogP contribution in [0, 0.1) is 5.41 Å². The van der Waals surface area contributed by atoms with Crippen LogP contribution in [0.1, 0.15) is 29.6 Å². The summed E-state index contributed by atoms with van der Waals surface area (Å²) in [5.74, 6) is 1.21. The van der Waals surface area contributed by atoms with Crippen LogP contribution in [0.15, 0.2) is 18.2 Å². The van der Waals surface area contributed by atoms with Crippen LogP contribution >= 0.6 is 0 Å². The summed E-state index contributed by atoms with van der Waals surface area (Å²) in [5, 5.41) is 10.0. The zero-order valence-electron chi connectivity index (χ0n) is 15.3. The monoisotopic (exact) mass is 348 g/mol. The Bertz CT molecular complexity index is 614. The van der Waals surface area contributed by atoms with E-state index in [-0.39, 0.29) is 24.0 Å². The van der Waals surface area contributed by atoms with Gasteiger partial charge < -0.3 is 24.4 Å². The number of likely N-dealkylation sites (tertiary alicyclic amines) is 2. The van der Waals surface area contributed by atoms with Crippen molar-refractivity contribution in [2.24, 2.45) is 5.41 Å². The number of benzene rings is 1. The highest BCUT2D eigenvalue weighted by Gasteiger charge is 2.47. The van der Waals surface area contributed by atoms with E-state index in [1.54, 1.807) is 32.4 Å². The van der Waals surface area contributed by atoms with Gasteiger partial charge >= 0.3 is 0 Å². The molecule has 1 aromatic rings. The van der Waals surface area contributed by atoms with Crippen LogP contribution in [0.25, 0.3) is 0 Å². The molecule has 6 heteroatoms. The average molecular weight is 348 g/mol. The first-order valence-electron chi connectivity index (χ1n) is 8.86. The lowest BCUT2D eigenvalue weighted by atomic mass is 9.69. The molecule has 0 aromatic heterocycles. The molecule has 0 saturated carbocycles. The van der Waals surface area contributed by atoms with E-state index in [0.29, 0.717) is 30.2 Å². The number of rotatable bonds is 4. The SMILES string of the molecule is COc1cc(OC)cc(C(=O)N2CC[C@@]3(CO)CCCN(C)[C@@H]3C2)c1. The maximum Gasteiger partial charge on any atom is 0.254 e. The number of aliphatic hydroxyl groups is 1. The fourth-order valence-electron chi connectivity index (χ4n) is 4.31. The van der Waals surface area contributed by atoms with Crippen molar-refractivity contribution in [1.82, 2.24) is 9.80 Å². The van der Waals surface area contributed by atoms with Gasteiger partial charge in [-0.1, -0.05) is 0 Å². The van der Waals surface area contributed by atoms with E-state index in [4.69, 9.17) is 9.47 Å². The fraction of sp³-hybridized carbons (Fsp3) is 0.632. The Morgan fingerprint density at radius 3 is 2.48 bits per heavy atom.